The van der Waals surface area contributed by atoms with E-state index in [-0.39, 0.29) is 0 Å². The van der Waals surface area contributed by atoms with Crippen LogP contribution in [0.25, 0.3) is 33.4 Å². The van der Waals surface area contributed by atoms with Crippen LogP contribution in [0.1, 0.15) is 17.5 Å². The molecule has 0 radical (unpaired) electrons. The van der Waals surface area contributed by atoms with Crippen molar-refractivity contribution in [3.63, 3.8) is 0 Å². The average molecular weight is 350 g/mol. The van der Waals surface area contributed by atoms with E-state index >= 15 is 0 Å². The Balaban J connectivity index is 1.72. The van der Waals surface area contributed by atoms with E-state index in [0.717, 1.165) is 25.9 Å². The molecule has 2 heteroatoms. The SMILES string of the molecule is c1cc[n+]2c(c1)-c1c(ccc3c1-c1ccc4ccccc4[n+]1CC3)CCC2. The lowest BCUT2D eigenvalue weighted by atomic mass is 9.86. The number of benzene rings is 2. The smallest absolute Gasteiger partial charge is 0.198 e. The number of para-hydroxylation sites is 1. The van der Waals surface area contributed by atoms with Crippen molar-refractivity contribution < 1.29 is 9.13 Å². The van der Waals surface area contributed by atoms with Gasteiger partial charge in [0.2, 0.25) is 16.9 Å². The average Bonchev–Trinajstić information content (AvgIpc) is 2.92. The maximum absolute atomic E-state index is 2.52. The molecular formula is C25H22N2+2. The van der Waals surface area contributed by atoms with Crippen LogP contribution >= 0.6 is 0 Å². The fourth-order valence-electron chi connectivity index (χ4n) is 4.98. The first kappa shape index (κ1) is 15.1. The fourth-order valence-corrected chi connectivity index (χ4v) is 4.98. The molecule has 130 valence electrons. The summed E-state index contributed by atoms with van der Waals surface area (Å²) >= 11 is 0. The van der Waals surface area contributed by atoms with Gasteiger partial charge in [-0.2, -0.15) is 9.13 Å². The third-order valence-corrected chi connectivity index (χ3v) is 6.22. The highest BCUT2D eigenvalue weighted by atomic mass is 15.0. The lowest BCUT2D eigenvalue weighted by Crippen LogP contribution is -2.41. The summed E-state index contributed by atoms with van der Waals surface area (Å²) in [5, 5.41) is 1.32. The molecule has 2 aliphatic rings. The second-order valence-corrected chi connectivity index (χ2v) is 7.70. The summed E-state index contributed by atoms with van der Waals surface area (Å²) in [6.45, 7) is 2.15. The normalized spacial score (nSPS) is 14.7. The number of fused-ring (bicyclic) bond motifs is 9. The molecule has 2 nitrogen and oxygen atoms in total. The number of rotatable bonds is 0. The Morgan fingerprint density at radius 1 is 0.630 bits per heavy atom. The lowest BCUT2D eigenvalue weighted by molar-refractivity contribution is -0.686. The molecule has 0 saturated heterocycles. The first-order valence-electron chi connectivity index (χ1n) is 9.96. The van der Waals surface area contributed by atoms with Crippen LogP contribution in [-0.4, -0.2) is 0 Å². The molecule has 0 fully saturated rings. The van der Waals surface area contributed by atoms with E-state index in [9.17, 15) is 0 Å². The Bertz CT molecular complexity index is 1210. The predicted molar refractivity (Wildman–Crippen MR) is 107 cm³/mol. The number of pyridine rings is 2. The van der Waals surface area contributed by atoms with Gasteiger partial charge in [0.1, 0.15) is 6.54 Å². The molecular weight excluding hydrogens is 328 g/mol. The molecule has 0 atom stereocenters. The monoisotopic (exact) mass is 350 g/mol. The summed E-state index contributed by atoms with van der Waals surface area (Å²) < 4.78 is 4.96. The van der Waals surface area contributed by atoms with Crippen molar-refractivity contribution in [2.75, 3.05) is 0 Å². The molecule has 4 aromatic rings. The third kappa shape index (κ3) is 2.19. The van der Waals surface area contributed by atoms with Gasteiger partial charge in [-0.05, 0) is 35.7 Å². The first-order valence-corrected chi connectivity index (χ1v) is 9.96. The zero-order valence-electron chi connectivity index (χ0n) is 15.4. The van der Waals surface area contributed by atoms with Gasteiger partial charge in [0.15, 0.2) is 12.7 Å². The standard InChI is InChI=1S/C25H22N2/c1-2-8-21-18(6-1)12-13-23-25-20(14-17-27(21)23)11-10-19-7-5-16-26-15-4-3-9-22(26)24(19)25/h1-4,6,8-13,15H,5,7,14,16-17H2/q+2. The maximum Gasteiger partial charge on any atom is 0.214 e. The minimum Gasteiger partial charge on any atom is -0.198 e. The van der Waals surface area contributed by atoms with Crippen LogP contribution < -0.4 is 9.13 Å². The zero-order chi connectivity index (χ0) is 17.8. The van der Waals surface area contributed by atoms with E-state index < -0.39 is 0 Å². The Morgan fingerprint density at radius 2 is 1.44 bits per heavy atom. The molecule has 6 rings (SSSR count). The number of aryl methyl sites for hydroxylation is 4. The van der Waals surface area contributed by atoms with Crippen molar-refractivity contribution in [1.29, 1.82) is 0 Å². The number of hydrogen-bond donors (Lipinski definition) is 0. The van der Waals surface area contributed by atoms with E-state index in [1.54, 1.807) is 0 Å². The highest BCUT2D eigenvalue weighted by molar-refractivity contribution is 5.86. The fraction of sp³-hybridized carbons (Fsp3) is 0.200. The minimum absolute atomic E-state index is 1.05. The number of aromatic nitrogens is 2. The van der Waals surface area contributed by atoms with Crippen LogP contribution in [0.5, 0.6) is 0 Å². The summed E-state index contributed by atoms with van der Waals surface area (Å²) in [5.41, 5.74) is 9.95. The van der Waals surface area contributed by atoms with E-state index in [2.05, 4.69) is 82.1 Å². The van der Waals surface area contributed by atoms with Crippen LogP contribution in [0.2, 0.25) is 0 Å². The third-order valence-electron chi connectivity index (χ3n) is 6.22. The number of hydrogen-bond acceptors (Lipinski definition) is 0. The second-order valence-electron chi connectivity index (χ2n) is 7.70. The predicted octanol–water partition coefficient (Wildman–Crippen LogP) is 4.25. The summed E-state index contributed by atoms with van der Waals surface area (Å²) in [7, 11) is 0. The van der Waals surface area contributed by atoms with Crippen molar-refractivity contribution in [3.8, 4) is 22.5 Å². The maximum atomic E-state index is 2.52. The van der Waals surface area contributed by atoms with Crippen LogP contribution in [0.3, 0.4) is 0 Å². The van der Waals surface area contributed by atoms with Gasteiger partial charge in [-0.15, -0.1) is 0 Å². The van der Waals surface area contributed by atoms with Gasteiger partial charge in [0, 0.05) is 42.5 Å². The first-order chi connectivity index (χ1) is 13.4. The van der Waals surface area contributed by atoms with Crippen LogP contribution in [0.15, 0.2) is 72.9 Å². The van der Waals surface area contributed by atoms with E-state index in [4.69, 9.17) is 0 Å². The van der Waals surface area contributed by atoms with Gasteiger partial charge < -0.3 is 0 Å². The largest absolute Gasteiger partial charge is 0.214 e. The molecule has 2 aromatic heterocycles. The van der Waals surface area contributed by atoms with Crippen LogP contribution in [0, 0.1) is 0 Å². The van der Waals surface area contributed by atoms with Crippen LogP contribution in [-0.2, 0) is 25.9 Å². The Labute approximate surface area is 159 Å². The molecule has 0 bridgehead atoms. The molecule has 2 aromatic carbocycles. The van der Waals surface area contributed by atoms with Crippen molar-refractivity contribution in [3.05, 3.63) is 84.1 Å². The lowest BCUT2D eigenvalue weighted by Gasteiger charge is -2.20. The van der Waals surface area contributed by atoms with Gasteiger partial charge in [-0.25, -0.2) is 0 Å². The quantitative estimate of drug-likeness (QED) is 0.419. The summed E-state index contributed by atoms with van der Waals surface area (Å²) in [5.74, 6) is 0. The topological polar surface area (TPSA) is 7.76 Å². The highest BCUT2D eigenvalue weighted by Crippen LogP contribution is 2.39. The Morgan fingerprint density at radius 3 is 2.41 bits per heavy atom. The van der Waals surface area contributed by atoms with Crippen molar-refractivity contribution in [2.45, 2.75) is 32.4 Å². The van der Waals surface area contributed by atoms with Crippen molar-refractivity contribution in [2.24, 2.45) is 0 Å². The van der Waals surface area contributed by atoms with Gasteiger partial charge in [-0.3, -0.25) is 0 Å². The minimum atomic E-state index is 1.05. The molecule has 0 N–H and O–H groups in total. The summed E-state index contributed by atoms with van der Waals surface area (Å²) in [4.78, 5) is 0. The highest BCUT2D eigenvalue weighted by Gasteiger charge is 2.32. The molecule has 4 heterocycles. The van der Waals surface area contributed by atoms with Gasteiger partial charge in [0.05, 0.1) is 11.1 Å². The molecule has 0 saturated carbocycles. The van der Waals surface area contributed by atoms with E-state index in [0.29, 0.717) is 0 Å². The van der Waals surface area contributed by atoms with E-state index in [1.165, 1.54) is 51.0 Å². The summed E-state index contributed by atoms with van der Waals surface area (Å²) in [6.07, 6.45) is 5.69. The zero-order valence-corrected chi connectivity index (χ0v) is 15.4. The van der Waals surface area contributed by atoms with Gasteiger partial charge in [0.25, 0.3) is 0 Å². The molecule has 2 aliphatic heterocycles. The van der Waals surface area contributed by atoms with Gasteiger partial charge in [-0.1, -0.05) is 24.3 Å². The second kappa shape index (κ2) is 5.75. The summed E-state index contributed by atoms with van der Waals surface area (Å²) in [6, 6.07) is 24.8. The van der Waals surface area contributed by atoms with Gasteiger partial charge >= 0.3 is 0 Å². The van der Waals surface area contributed by atoms with Crippen molar-refractivity contribution in [1.82, 2.24) is 0 Å². The van der Waals surface area contributed by atoms with E-state index in [1.807, 2.05) is 0 Å². The molecule has 0 unspecified atom stereocenters. The number of nitrogens with zero attached hydrogens (tertiary/aromatic N) is 2. The molecule has 0 aliphatic carbocycles. The van der Waals surface area contributed by atoms with Crippen molar-refractivity contribution >= 4 is 10.9 Å². The molecule has 27 heavy (non-hydrogen) atoms. The molecule has 0 spiro atoms. The van der Waals surface area contributed by atoms with Crippen LogP contribution in [0.4, 0.5) is 0 Å². The Kier molecular flexibility index (Phi) is 3.21. The molecule has 0 amide bonds. The Hall–Kier alpha value is -3.00.